The molecule has 2 aliphatic heterocycles. The number of nitrogens with one attached hydrogen (secondary N) is 2. The Labute approximate surface area is 202 Å². The van der Waals surface area contributed by atoms with Gasteiger partial charge in [0.15, 0.2) is 11.5 Å². The molecule has 2 N–H and O–H groups in total. The van der Waals surface area contributed by atoms with Crippen LogP contribution in [0.25, 0.3) is 10.6 Å². The number of para-hydroxylation sites is 1. The molecular weight excluding hydrogens is 489 g/mol. The molecule has 3 heterocycles. The average molecular weight is 506 g/mol. The normalized spacial score (nSPS) is 16.7. The maximum Gasteiger partial charge on any atom is 0.322 e. The second-order valence-corrected chi connectivity index (χ2v) is 9.14. The molecule has 0 bridgehead atoms. The summed E-state index contributed by atoms with van der Waals surface area (Å²) in [5.41, 5.74) is 1.12. The summed E-state index contributed by atoms with van der Waals surface area (Å²) in [6.45, 7) is 0.620. The number of rotatable bonds is 4. The van der Waals surface area contributed by atoms with Gasteiger partial charge >= 0.3 is 6.03 Å². The van der Waals surface area contributed by atoms with E-state index in [-0.39, 0.29) is 12.7 Å². The SMILES string of the molecule is O=C(Nc1nnc(-c2ccc3c(c2)OCO3)s1)C1CCCN1C(=O)Nc1c(Cl)cccc1Cl. The summed E-state index contributed by atoms with van der Waals surface area (Å²) >= 11 is 13.5. The number of hydrogen-bond donors (Lipinski definition) is 2. The number of benzene rings is 2. The Kier molecular flexibility index (Phi) is 5.96. The van der Waals surface area contributed by atoms with Crippen molar-refractivity contribution in [1.29, 1.82) is 0 Å². The molecule has 9 nitrogen and oxygen atoms in total. The number of hydrogen-bond acceptors (Lipinski definition) is 7. The van der Waals surface area contributed by atoms with E-state index in [4.69, 9.17) is 32.7 Å². The van der Waals surface area contributed by atoms with E-state index in [0.717, 1.165) is 5.56 Å². The molecule has 2 aliphatic rings. The van der Waals surface area contributed by atoms with Gasteiger partial charge in [-0.2, -0.15) is 0 Å². The molecule has 3 amide bonds. The van der Waals surface area contributed by atoms with E-state index < -0.39 is 12.1 Å². The molecular formula is C21H17Cl2N5O4S. The number of aromatic nitrogens is 2. The van der Waals surface area contributed by atoms with Crippen molar-refractivity contribution in [2.45, 2.75) is 18.9 Å². The molecule has 0 spiro atoms. The highest BCUT2D eigenvalue weighted by atomic mass is 35.5. The smallest absolute Gasteiger partial charge is 0.322 e. The number of carbonyl (C=O) groups is 2. The highest BCUT2D eigenvalue weighted by Crippen LogP contribution is 2.37. The number of ether oxygens (including phenoxy) is 2. The van der Waals surface area contributed by atoms with Gasteiger partial charge in [0, 0.05) is 12.1 Å². The van der Waals surface area contributed by atoms with Crippen LogP contribution in [0.5, 0.6) is 11.5 Å². The minimum Gasteiger partial charge on any atom is -0.454 e. The summed E-state index contributed by atoms with van der Waals surface area (Å²) in [7, 11) is 0. The second kappa shape index (κ2) is 9.05. The molecule has 170 valence electrons. The minimum atomic E-state index is -0.649. The van der Waals surface area contributed by atoms with Gasteiger partial charge in [-0.3, -0.25) is 10.1 Å². The van der Waals surface area contributed by atoms with Crippen molar-refractivity contribution in [1.82, 2.24) is 15.1 Å². The van der Waals surface area contributed by atoms with Gasteiger partial charge in [-0.15, -0.1) is 10.2 Å². The zero-order valence-corrected chi connectivity index (χ0v) is 19.3. The van der Waals surface area contributed by atoms with Crippen LogP contribution >= 0.6 is 34.5 Å². The molecule has 5 rings (SSSR count). The topological polar surface area (TPSA) is 106 Å². The molecule has 1 unspecified atom stereocenters. The Morgan fingerprint density at radius 2 is 1.85 bits per heavy atom. The summed E-state index contributed by atoms with van der Waals surface area (Å²) in [5, 5.41) is 15.3. The number of nitrogens with zero attached hydrogens (tertiary/aromatic N) is 3. The first-order chi connectivity index (χ1) is 16.0. The number of halogens is 2. The highest BCUT2D eigenvalue weighted by molar-refractivity contribution is 7.18. The van der Waals surface area contributed by atoms with E-state index in [9.17, 15) is 9.59 Å². The standard InChI is InChI=1S/C21H17Cl2N5O4S/c22-12-3-1-4-13(23)17(12)24-21(30)28-8-2-5-14(28)18(29)25-20-27-26-19(33-20)11-6-7-15-16(9-11)32-10-31-15/h1,3-4,6-7,9,14H,2,5,8,10H2,(H,24,30)(H,25,27,29). The summed E-state index contributed by atoms with van der Waals surface area (Å²) in [4.78, 5) is 27.2. The predicted molar refractivity (Wildman–Crippen MR) is 125 cm³/mol. The third-order valence-corrected chi connectivity index (χ3v) is 6.80. The van der Waals surface area contributed by atoms with Crippen LogP contribution in [0.15, 0.2) is 36.4 Å². The summed E-state index contributed by atoms with van der Waals surface area (Å²) < 4.78 is 10.7. The monoisotopic (exact) mass is 505 g/mol. The van der Waals surface area contributed by atoms with Crippen LogP contribution in [-0.4, -0.2) is 46.4 Å². The number of anilines is 2. The van der Waals surface area contributed by atoms with Crippen LogP contribution in [0.4, 0.5) is 15.6 Å². The fourth-order valence-corrected chi connectivity index (χ4v) is 4.92. The molecule has 2 aromatic carbocycles. The lowest BCUT2D eigenvalue weighted by atomic mass is 10.2. The van der Waals surface area contributed by atoms with Crippen molar-refractivity contribution in [2.75, 3.05) is 24.0 Å². The van der Waals surface area contributed by atoms with Gasteiger partial charge < -0.3 is 19.7 Å². The van der Waals surface area contributed by atoms with Crippen LogP contribution in [0, 0.1) is 0 Å². The van der Waals surface area contributed by atoms with Crippen molar-refractivity contribution < 1.29 is 19.1 Å². The number of fused-ring (bicyclic) bond motifs is 1. The van der Waals surface area contributed by atoms with Gasteiger partial charge in [-0.25, -0.2) is 4.79 Å². The number of likely N-dealkylation sites (tertiary alicyclic amines) is 1. The first-order valence-corrected chi connectivity index (χ1v) is 11.6. The molecule has 1 saturated heterocycles. The highest BCUT2D eigenvalue weighted by Gasteiger charge is 2.35. The van der Waals surface area contributed by atoms with Crippen molar-refractivity contribution >= 4 is 57.3 Å². The third kappa shape index (κ3) is 4.41. The van der Waals surface area contributed by atoms with E-state index in [2.05, 4.69) is 20.8 Å². The predicted octanol–water partition coefficient (Wildman–Crippen LogP) is 4.88. The van der Waals surface area contributed by atoms with Gasteiger partial charge in [0.1, 0.15) is 11.0 Å². The van der Waals surface area contributed by atoms with Crippen molar-refractivity contribution in [3.05, 3.63) is 46.4 Å². The number of carbonyl (C=O) groups excluding carboxylic acids is 2. The summed E-state index contributed by atoms with van der Waals surface area (Å²) in [5.74, 6) is 0.982. The van der Waals surface area contributed by atoms with E-state index in [1.807, 2.05) is 12.1 Å². The summed E-state index contributed by atoms with van der Waals surface area (Å²) in [6.07, 6.45) is 1.23. The zero-order valence-electron chi connectivity index (χ0n) is 17.0. The maximum absolute atomic E-state index is 12.9. The largest absolute Gasteiger partial charge is 0.454 e. The molecule has 0 saturated carbocycles. The van der Waals surface area contributed by atoms with Crippen LogP contribution in [-0.2, 0) is 4.79 Å². The quantitative estimate of drug-likeness (QED) is 0.523. The Hall–Kier alpha value is -3.08. The molecule has 12 heteroatoms. The van der Waals surface area contributed by atoms with Crippen LogP contribution in [0.3, 0.4) is 0 Å². The third-order valence-electron chi connectivity index (χ3n) is 5.29. The molecule has 33 heavy (non-hydrogen) atoms. The lowest BCUT2D eigenvalue weighted by Crippen LogP contribution is -2.45. The van der Waals surface area contributed by atoms with Gasteiger partial charge in [-0.05, 0) is 43.2 Å². The van der Waals surface area contributed by atoms with Crippen LogP contribution in [0.1, 0.15) is 12.8 Å². The fourth-order valence-electron chi connectivity index (χ4n) is 3.69. The molecule has 1 atom stereocenters. The minimum absolute atomic E-state index is 0.185. The first-order valence-electron chi connectivity index (χ1n) is 10.1. The van der Waals surface area contributed by atoms with Gasteiger partial charge in [0.25, 0.3) is 0 Å². The van der Waals surface area contributed by atoms with Crippen LogP contribution in [0.2, 0.25) is 10.0 Å². The van der Waals surface area contributed by atoms with Crippen molar-refractivity contribution in [3.63, 3.8) is 0 Å². The Bertz CT molecular complexity index is 1220. The Morgan fingerprint density at radius 3 is 2.67 bits per heavy atom. The zero-order chi connectivity index (χ0) is 22.9. The van der Waals surface area contributed by atoms with Gasteiger partial charge in [0.05, 0.1) is 15.7 Å². The maximum atomic E-state index is 12.9. The van der Waals surface area contributed by atoms with Crippen molar-refractivity contribution in [3.8, 4) is 22.1 Å². The Morgan fingerprint density at radius 1 is 1.06 bits per heavy atom. The van der Waals surface area contributed by atoms with Crippen LogP contribution < -0.4 is 20.1 Å². The lowest BCUT2D eigenvalue weighted by molar-refractivity contribution is -0.119. The van der Waals surface area contributed by atoms with E-state index in [0.29, 0.717) is 56.8 Å². The van der Waals surface area contributed by atoms with Gasteiger partial charge in [0.2, 0.25) is 17.8 Å². The van der Waals surface area contributed by atoms with E-state index in [1.54, 1.807) is 24.3 Å². The second-order valence-electron chi connectivity index (χ2n) is 7.35. The van der Waals surface area contributed by atoms with E-state index in [1.165, 1.54) is 16.2 Å². The molecule has 3 aromatic rings. The lowest BCUT2D eigenvalue weighted by Gasteiger charge is -2.24. The molecule has 0 aliphatic carbocycles. The average Bonchev–Trinajstić information content (AvgIpc) is 3.56. The van der Waals surface area contributed by atoms with Crippen molar-refractivity contribution in [2.24, 2.45) is 0 Å². The fraction of sp³-hybridized carbons (Fsp3) is 0.238. The number of amides is 3. The van der Waals surface area contributed by atoms with Gasteiger partial charge in [-0.1, -0.05) is 40.6 Å². The molecule has 1 aromatic heterocycles. The first kappa shape index (κ1) is 21.7. The van der Waals surface area contributed by atoms with E-state index >= 15 is 0 Å². The summed E-state index contributed by atoms with van der Waals surface area (Å²) in [6, 6.07) is 9.32. The molecule has 1 fully saturated rings. The molecule has 0 radical (unpaired) electrons. The Balaban J connectivity index is 1.26. The number of urea groups is 1.